The molecule has 232 valence electrons. The van der Waals surface area contributed by atoms with Gasteiger partial charge in [-0.05, 0) is 37.0 Å². The number of imide groups is 1. The van der Waals surface area contributed by atoms with Crippen LogP contribution in [0.4, 0.5) is 0 Å². The fraction of sp³-hybridized carbons (Fsp3) is 0.879. The van der Waals surface area contributed by atoms with Crippen LogP contribution in [-0.4, -0.2) is 60.4 Å². The summed E-state index contributed by atoms with van der Waals surface area (Å²) in [6.45, 7) is 14.4. The summed E-state index contributed by atoms with van der Waals surface area (Å²) in [7, 11) is 0. The third kappa shape index (κ3) is 6.37. The van der Waals surface area contributed by atoms with E-state index < -0.39 is 24.0 Å². The van der Waals surface area contributed by atoms with Gasteiger partial charge in [-0.3, -0.25) is 24.1 Å². The van der Waals surface area contributed by atoms with Crippen LogP contribution in [0.25, 0.3) is 0 Å². The first-order chi connectivity index (χ1) is 19.7. The van der Waals surface area contributed by atoms with E-state index >= 15 is 0 Å². The summed E-state index contributed by atoms with van der Waals surface area (Å²) in [6.07, 6.45) is 8.26. The van der Waals surface area contributed by atoms with E-state index in [1.165, 1.54) is 4.90 Å². The van der Waals surface area contributed by atoms with Gasteiger partial charge in [-0.1, -0.05) is 80.1 Å². The second-order valence-corrected chi connectivity index (χ2v) is 13.7. The topological polar surface area (TPSA) is 105 Å². The third-order valence-electron chi connectivity index (χ3n) is 10.6. The molecule has 2 unspecified atom stereocenters. The quantitative estimate of drug-likeness (QED) is 0.264. The molecule has 0 spiro atoms. The molecule has 41 heavy (non-hydrogen) atoms. The van der Waals surface area contributed by atoms with Crippen molar-refractivity contribution in [2.75, 3.05) is 19.6 Å². The molecule has 1 aliphatic carbocycles. The fourth-order valence-electron chi connectivity index (χ4n) is 8.24. The number of ether oxygens (including phenoxy) is 1. The maximum atomic E-state index is 13.7. The van der Waals surface area contributed by atoms with Crippen LogP contribution in [0.1, 0.15) is 99.3 Å². The third-order valence-corrected chi connectivity index (χ3v) is 10.6. The first-order valence-corrected chi connectivity index (χ1v) is 16.7. The zero-order valence-electron chi connectivity index (χ0n) is 26.3. The van der Waals surface area contributed by atoms with Crippen LogP contribution in [0, 0.1) is 53.3 Å². The molecule has 4 rings (SSSR count). The highest BCUT2D eigenvalue weighted by Gasteiger charge is 2.73. The van der Waals surface area contributed by atoms with Crippen molar-refractivity contribution in [2.45, 2.75) is 112 Å². The minimum absolute atomic E-state index is 0.0249. The molecule has 3 saturated heterocycles. The Morgan fingerprint density at radius 1 is 0.805 bits per heavy atom. The molecule has 2 bridgehead atoms. The lowest BCUT2D eigenvalue weighted by molar-refractivity contribution is -0.144. The molecule has 8 nitrogen and oxygen atoms in total. The summed E-state index contributed by atoms with van der Waals surface area (Å²) >= 11 is 0. The largest absolute Gasteiger partial charge is 0.373 e. The lowest BCUT2D eigenvalue weighted by atomic mass is 9.67. The van der Waals surface area contributed by atoms with E-state index in [-0.39, 0.29) is 53.2 Å². The zero-order valence-corrected chi connectivity index (χ0v) is 26.3. The van der Waals surface area contributed by atoms with Gasteiger partial charge in [0.2, 0.25) is 23.6 Å². The predicted octanol–water partition coefficient (Wildman–Crippen LogP) is 4.56. The Morgan fingerprint density at radius 2 is 1.24 bits per heavy atom. The van der Waals surface area contributed by atoms with Crippen molar-refractivity contribution in [1.29, 1.82) is 0 Å². The fourth-order valence-corrected chi connectivity index (χ4v) is 8.24. The van der Waals surface area contributed by atoms with E-state index in [1.54, 1.807) is 0 Å². The summed E-state index contributed by atoms with van der Waals surface area (Å²) in [4.78, 5) is 55.9. The molecule has 4 amide bonds. The molecule has 2 N–H and O–H groups in total. The van der Waals surface area contributed by atoms with Crippen molar-refractivity contribution >= 4 is 23.6 Å². The van der Waals surface area contributed by atoms with Gasteiger partial charge in [0, 0.05) is 43.3 Å². The number of fused-ring (bicyclic) bond motifs is 8. The molecule has 0 aromatic rings. The number of hydrogen-bond donors (Lipinski definition) is 2. The van der Waals surface area contributed by atoms with Crippen molar-refractivity contribution < 1.29 is 23.9 Å². The minimum atomic E-state index is -0.531. The summed E-state index contributed by atoms with van der Waals surface area (Å²) < 4.78 is 6.43. The first kappa shape index (κ1) is 32.0. The molecule has 4 aliphatic rings. The number of likely N-dealkylation sites (tertiary alicyclic amines) is 1. The van der Waals surface area contributed by atoms with Crippen LogP contribution in [0.15, 0.2) is 0 Å². The number of rotatable bonds is 16. The Kier molecular flexibility index (Phi) is 10.9. The number of hydrogen-bond acceptors (Lipinski definition) is 5. The number of unbranched alkanes of at least 4 members (excludes halogenated alkanes) is 2. The Bertz CT molecular complexity index is 885. The van der Waals surface area contributed by atoms with Crippen LogP contribution in [0.5, 0.6) is 0 Å². The van der Waals surface area contributed by atoms with Gasteiger partial charge in [0.25, 0.3) is 0 Å². The van der Waals surface area contributed by atoms with Gasteiger partial charge in [0.05, 0.1) is 24.0 Å². The lowest BCUT2D eigenvalue weighted by Gasteiger charge is -2.32. The number of carbonyl (C=O) groups excluding carboxylic acids is 4. The van der Waals surface area contributed by atoms with Gasteiger partial charge < -0.3 is 15.4 Å². The van der Waals surface area contributed by atoms with Crippen molar-refractivity contribution in [3.8, 4) is 0 Å². The van der Waals surface area contributed by atoms with Gasteiger partial charge >= 0.3 is 0 Å². The van der Waals surface area contributed by atoms with E-state index in [0.29, 0.717) is 37.9 Å². The highest BCUT2D eigenvalue weighted by Crippen LogP contribution is 2.62. The standard InChI is InChI=1S/C33H55N3O5/c1-7-11-13-20(9-3)16-34-30(37)22-15-23(31(38)35-17-21(10-4)14-12-8-2)25-24(22)28-26-27(29(25)41-28)33(40)36(32(26)39)18-19(5)6/h19-29H,7-18H2,1-6H3,(H,34,37)(H,35,38)/t20?,21?,22-,23+,24-,25+,26+,27-,28-,29+. The molecular weight excluding hydrogens is 518 g/mol. The number of nitrogens with one attached hydrogen (secondary N) is 2. The summed E-state index contributed by atoms with van der Waals surface area (Å²) in [5.41, 5.74) is 0. The molecule has 1 saturated carbocycles. The molecule has 0 aromatic heterocycles. The van der Waals surface area contributed by atoms with E-state index in [1.807, 2.05) is 13.8 Å². The molecule has 3 heterocycles. The molecule has 4 fully saturated rings. The van der Waals surface area contributed by atoms with Gasteiger partial charge in [-0.25, -0.2) is 0 Å². The zero-order chi connectivity index (χ0) is 29.8. The monoisotopic (exact) mass is 573 g/mol. The molecular formula is C33H55N3O5. The Balaban J connectivity index is 1.54. The van der Waals surface area contributed by atoms with E-state index in [4.69, 9.17) is 4.74 Å². The average Bonchev–Trinajstić information content (AvgIpc) is 3.69. The maximum absolute atomic E-state index is 13.7. The summed E-state index contributed by atoms with van der Waals surface area (Å²) in [6, 6.07) is 0. The average molecular weight is 574 g/mol. The second-order valence-electron chi connectivity index (χ2n) is 13.7. The van der Waals surface area contributed by atoms with Crippen molar-refractivity contribution in [3.05, 3.63) is 0 Å². The smallest absolute Gasteiger partial charge is 0.235 e. The van der Waals surface area contributed by atoms with Crippen molar-refractivity contribution in [1.82, 2.24) is 15.5 Å². The van der Waals surface area contributed by atoms with E-state index in [9.17, 15) is 19.2 Å². The molecule has 3 aliphatic heterocycles. The summed E-state index contributed by atoms with van der Waals surface area (Å²) in [5.74, 6) is -1.59. The molecule has 0 aromatic carbocycles. The SMILES string of the molecule is CCCCC(CC)CNC(=O)[C@H]1C[C@@H](C(=O)NCC(CC)CCCC)[C@H]2[C@H]3O[C@H]([C@@H]4C(=O)N(CC(C)C)C(=O)[C@H]34)[C@H]21. The highest BCUT2D eigenvalue weighted by molar-refractivity contribution is 6.06. The lowest BCUT2D eigenvalue weighted by Crippen LogP contribution is -2.46. The van der Waals surface area contributed by atoms with Gasteiger partial charge in [-0.15, -0.1) is 0 Å². The Hall–Kier alpha value is -1.96. The maximum Gasteiger partial charge on any atom is 0.235 e. The number of amides is 4. The van der Waals surface area contributed by atoms with E-state index in [2.05, 4.69) is 38.3 Å². The van der Waals surface area contributed by atoms with E-state index in [0.717, 1.165) is 51.4 Å². The van der Waals surface area contributed by atoms with Gasteiger partial charge in [0.15, 0.2) is 0 Å². The predicted molar refractivity (Wildman–Crippen MR) is 158 cm³/mol. The minimum Gasteiger partial charge on any atom is -0.373 e. The molecule has 0 radical (unpaired) electrons. The van der Waals surface area contributed by atoms with Crippen LogP contribution >= 0.6 is 0 Å². The second kappa shape index (κ2) is 14.0. The Morgan fingerprint density at radius 3 is 1.61 bits per heavy atom. The van der Waals surface area contributed by atoms with Crippen molar-refractivity contribution in [2.24, 2.45) is 53.3 Å². The van der Waals surface area contributed by atoms with Crippen LogP contribution in [0.2, 0.25) is 0 Å². The molecule has 8 heteroatoms. The summed E-state index contributed by atoms with van der Waals surface area (Å²) in [5, 5.41) is 6.45. The van der Waals surface area contributed by atoms with Gasteiger partial charge in [0.1, 0.15) is 0 Å². The van der Waals surface area contributed by atoms with Crippen LogP contribution in [-0.2, 0) is 23.9 Å². The number of carbonyl (C=O) groups is 4. The van der Waals surface area contributed by atoms with Gasteiger partial charge in [-0.2, -0.15) is 0 Å². The normalized spacial score (nSPS) is 33.3. The highest BCUT2D eigenvalue weighted by atomic mass is 16.5. The Labute approximate surface area is 247 Å². The van der Waals surface area contributed by atoms with Crippen LogP contribution < -0.4 is 10.6 Å². The van der Waals surface area contributed by atoms with Crippen molar-refractivity contribution in [3.63, 3.8) is 0 Å². The molecule has 10 atom stereocenters. The first-order valence-electron chi connectivity index (χ1n) is 16.7. The van der Waals surface area contributed by atoms with Crippen LogP contribution in [0.3, 0.4) is 0 Å². The number of nitrogens with zero attached hydrogens (tertiary/aromatic N) is 1.